The van der Waals surface area contributed by atoms with Crippen LogP contribution in [-0.4, -0.2) is 29.3 Å². The highest BCUT2D eigenvalue weighted by molar-refractivity contribution is 6.32. The van der Waals surface area contributed by atoms with Crippen LogP contribution in [0.1, 0.15) is 31.1 Å². The number of aromatic nitrogens is 1. The molecule has 1 aromatic heterocycles. The lowest BCUT2D eigenvalue weighted by atomic mass is 10.1. The molecular formula is C18H15Cl2F4NO4. The highest BCUT2D eigenvalue weighted by Gasteiger charge is 2.29. The van der Waals surface area contributed by atoms with E-state index in [1.54, 1.807) is 20.8 Å². The van der Waals surface area contributed by atoms with E-state index in [1.165, 1.54) is 0 Å². The van der Waals surface area contributed by atoms with Gasteiger partial charge in [0.1, 0.15) is 27.9 Å². The zero-order valence-electron chi connectivity index (χ0n) is 15.4. The summed E-state index contributed by atoms with van der Waals surface area (Å²) in [4.78, 5) is 15.7. The van der Waals surface area contributed by atoms with Crippen LogP contribution in [0.2, 0.25) is 10.0 Å². The summed E-state index contributed by atoms with van der Waals surface area (Å²) in [5, 5.41) is -0.366. The monoisotopic (exact) mass is 455 g/mol. The van der Waals surface area contributed by atoms with Gasteiger partial charge < -0.3 is 14.2 Å². The van der Waals surface area contributed by atoms with Crippen molar-refractivity contribution in [2.24, 2.45) is 0 Å². The lowest BCUT2D eigenvalue weighted by Crippen LogP contribution is -2.24. The third-order valence-corrected chi connectivity index (χ3v) is 3.59. The molecule has 0 spiro atoms. The van der Waals surface area contributed by atoms with E-state index in [2.05, 4.69) is 9.72 Å². The van der Waals surface area contributed by atoms with Crippen LogP contribution in [0.25, 0.3) is 0 Å². The van der Waals surface area contributed by atoms with Crippen molar-refractivity contribution >= 4 is 29.2 Å². The number of hydrogen-bond acceptors (Lipinski definition) is 5. The summed E-state index contributed by atoms with van der Waals surface area (Å²) in [5.74, 6) is -2.50. The minimum Gasteiger partial charge on any atom is -0.467 e. The minimum atomic E-state index is -4.55. The molecule has 1 aromatic carbocycles. The molecule has 2 rings (SSSR count). The summed E-state index contributed by atoms with van der Waals surface area (Å²) < 4.78 is 65.8. The number of esters is 1. The number of nitrogens with zero attached hydrogens (tertiary/aromatic N) is 1. The smallest absolute Gasteiger partial charge is 0.422 e. The van der Waals surface area contributed by atoms with Crippen LogP contribution in [0.4, 0.5) is 17.6 Å². The Hall–Kier alpha value is -2.26. The number of carbonyl (C=O) groups excluding carboxylic acids is 1. The first-order chi connectivity index (χ1) is 13.2. The van der Waals surface area contributed by atoms with Gasteiger partial charge in [0.15, 0.2) is 6.61 Å². The summed E-state index contributed by atoms with van der Waals surface area (Å²) in [5.41, 5.74) is -1.21. The summed E-state index contributed by atoms with van der Waals surface area (Å²) in [6.07, 6.45) is -3.53. The largest absolute Gasteiger partial charge is 0.467 e. The van der Waals surface area contributed by atoms with Gasteiger partial charge in [0, 0.05) is 12.1 Å². The molecule has 0 N–H and O–H groups in total. The summed E-state index contributed by atoms with van der Waals surface area (Å²) in [6, 6.07) is 3.02. The minimum absolute atomic E-state index is 0.0410. The van der Waals surface area contributed by atoms with Crippen molar-refractivity contribution in [3.63, 3.8) is 0 Å². The van der Waals surface area contributed by atoms with Gasteiger partial charge in [0.25, 0.3) is 0 Å². The molecule has 0 aliphatic heterocycles. The molecule has 0 saturated heterocycles. The fraction of sp³-hybridized carbons (Fsp3) is 0.333. The van der Waals surface area contributed by atoms with Crippen LogP contribution in [0.15, 0.2) is 24.4 Å². The fourth-order valence-corrected chi connectivity index (χ4v) is 2.36. The van der Waals surface area contributed by atoms with E-state index in [9.17, 15) is 22.4 Å². The van der Waals surface area contributed by atoms with Crippen molar-refractivity contribution in [2.45, 2.75) is 32.5 Å². The zero-order chi connectivity index (χ0) is 22.0. The van der Waals surface area contributed by atoms with Gasteiger partial charge >= 0.3 is 12.1 Å². The molecule has 0 saturated carbocycles. The van der Waals surface area contributed by atoms with Crippen LogP contribution < -0.4 is 9.47 Å². The van der Waals surface area contributed by atoms with Gasteiger partial charge in [-0.05, 0) is 26.8 Å². The van der Waals surface area contributed by atoms with E-state index in [1.807, 2.05) is 0 Å². The third-order valence-electron chi connectivity index (χ3n) is 3.02. The average molecular weight is 456 g/mol. The number of hydrogen-bond donors (Lipinski definition) is 0. The van der Waals surface area contributed by atoms with Crippen molar-refractivity contribution in [3.8, 4) is 17.4 Å². The molecule has 1 heterocycles. The molecule has 0 aliphatic carbocycles. The molecule has 0 fully saturated rings. The maximum Gasteiger partial charge on any atom is 0.422 e. The maximum atomic E-state index is 14.3. The predicted octanol–water partition coefficient (Wildman–Crippen LogP) is 6.22. The third kappa shape index (κ3) is 6.93. The standard InChI is InChI=1S/C18H15Cl2F4NO4/c1-17(2,3)29-16(26)10-5-11(19)14(6-13(10)21)28-9-4-12(20)15(25-7-9)27-8-18(22,23)24/h4-7H,8H2,1-3H3. The number of ether oxygens (including phenoxy) is 3. The van der Waals surface area contributed by atoms with Crippen molar-refractivity contribution in [2.75, 3.05) is 6.61 Å². The van der Waals surface area contributed by atoms with Gasteiger partial charge in [-0.2, -0.15) is 13.2 Å². The molecule has 158 valence electrons. The van der Waals surface area contributed by atoms with Crippen molar-refractivity contribution in [3.05, 3.63) is 45.8 Å². The number of benzene rings is 1. The molecule has 2 aromatic rings. The molecule has 0 aliphatic rings. The summed E-state index contributed by atoms with van der Waals surface area (Å²) >= 11 is 11.9. The second-order valence-corrected chi connectivity index (χ2v) is 7.54. The van der Waals surface area contributed by atoms with Gasteiger partial charge in [0.2, 0.25) is 5.88 Å². The van der Waals surface area contributed by atoms with E-state index in [4.69, 9.17) is 32.7 Å². The maximum absolute atomic E-state index is 14.3. The van der Waals surface area contributed by atoms with Crippen LogP contribution in [-0.2, 0) is 4.74 Å². The predicted molar refractivity (Wildman–Crippen MR) is 97.4 cm³/mol. The van der Waals surface area contributed by atoms with Crippen molar-refractivity contribution in [1.82, 2.24) is 4.98 Å². The van der Waals surface area contributed by atoms with Gasteiger partial charge in [-0.15, -0.1) is 0 Å². The Morgan fingerprint density at radius 2 is 1.76 bits per heavy atom. The highest BCUT2D eigenvalue weighted by atomic mass is 35.5. The quantitative estimate of drug-likeness (QED) is 0.395. The Kier molecular flexibility index (Phi) is 6.85. The fourth-order valence-electron chi connectivity index (χ4n) is 1.94. The normalized spacial score (nSPS) is 11.9. The lowest BCUT2D eigenvalue weighted by molar-refractivity contribution is -0.154. The Bertz CT molecular complexity index is 914. The van der Waals surface area contributed by atoms with Crippen molar-refractivity contribution < 1.29 is 36.6 Å². The van der Waals surface area contributed by atoms with Crippen LogP contribution in [0.3, 0.4) is 0 Å². The second-order valence-electron chi connectivity index (χ2n) is 6.73. The number of pyridine rings is 1. The van der Waals surface area contributed by atoms with E-state index >= 15 is 0 Å². The SMILES string of the molecule is CC(C)(C)OC(=O)c1cc(Cl)c(Oc2cnc(OCC(F)(F)F)c(Cl)c2)cc1F. The average Bonchev–Trinajstić information content (AvgIpc) is 2.54. The molecule has 29 heavy (non-hydrogen) atoms. The first-order valence-electron chi connectivity index (χ1n) is 8.00. The summed E-state index contributed by atoms with van der Waals surface area (Å²) in [6.45, 7) is 3.31. The topological polar surface area (TPSA) is 57.7 Å². The first kappa shape index (κ1) is 23.0. The molecule has 5 nitrogen and oxygen atoms in total. The van der Waals surface area contributed by atoms with Crippen LogP contribution >= 0.6 is 23.2 Å². The molecule has 0 amide bonds. The second kappa shape index (κ2) is 8.62. The number of carbonyl (C=O) groups is 1. The molecule has 0 unspecified atom stereocenters. The van der Waals surface area contributed by atoms with Gasteiger partial charge in [-0.25, -0.2) is 14.2 Å². The Labute approximate surface area is 173 Å². The molecule has 11 heteroatoms. The van der Waals surface area contributed by atoms with E-state index in [0.29, 0.717) is 0 Å². The highest BCUT2D eigenvalue weighted by Crippen LogP contribution is 2.35. The molecule has 0 atom stereocenters. The van der Waals surface area contributed by atoms with E-state index in [0.717, 1.165) is 24.4 Å². The van der Waals surface area contributed by atoms with Gasteiger partial charge in [-0.1, -0.05) is 23.2 Å². The Morgan fingerprint density at radius 3 is 2.31 bits per heavy atom. The number of alkyl halides is 3. The van der Waals surface area contributed by atoms with Crippen LogP contribution in [0, 0.1) is 5.82 Å². The van der Waals surface area contributed by atoms with Crippen molar-refractivity contribution in [1.29, 1.82) is 0 Å². The van der Waals surface area contributed by atoms with E-state index in [-0.39, 0.29) is 27.1 Å². The van der Waals surface area contributed by atoms with E-state index < -0.39 is 36.1 Å². The Balaban J connectivity index is 2.19. The van der Waals surface area contributed by atoms with Gasteiger partial charge in [0.05, 0.1) is 16.8 Å². The van der Waals surface area contributed by atoms with Crippen LogP contribution in [0.5, 0.6) is 17.4 Å². The zero-order valence-corrected chi connectivity index (χ0v) is 16.9. The number of halogens is 6. The summed E-state index contributed by atoms with van der Waals surface area (Å²) in [7, 11) is 0. The van der Waals surface area contributed by atoms with Gasteiger partial charge in [-0.3, -0.25) is 0 Å². The lowest BCUT2D eigenvalue weighted by Gasteiger charge is -2.20. The molecule has 0 radical (unpaired) electrons. The Morgan fingerprint density at radius 1 is 1.10 bits per heavy atom. The molecule has 0 bridgehead atoms. The first-order valence-corrected chi connectivity index (χ1v) is 8.76. The molecular weight excluding hydrogens is 441 g/mol. The number of rotatable bonds is 5.